The molecule has 0 aliphatic rings. The number of aryl methyl sites for hydroxylation is 1. The first-order valence-corrected chi connectivity index (χ1v) is 6.46. The Kier molecular flexibility index (Phi) is 4.51. The quantitative estimate of drug-likeness (QED) is 0.928. The van der Waals surface area contributed by atoms with E-state index in [0.717, 1.165) is 0 Å². The molecule has 2 rings (SSSR count). The zero-order valence-corrected chi connectivity index (χ0v) is 11.8. The Labute approximate surface area is 122 Å². The van der Waals surface area contributed by atoms with E-state index in [0.29, 0.717) is 29.4 Å². The van der Waals surface area contributed by atoms with E-state index in [1.165, 1.54) is 4.90 Å². The molecule has 108 valence electrons. The first-order chi connectivity index (χ1) is 10.1. The summed E-state index contributed by atoms with van der Waals surface area (Å²) in [7, 11) is 1.61. The number of rotatable bonds is 4. The maximum atomic E-state index is 12.1. The fourth-order valence-electron chi connectivity index (χ4n) is 1.67. The Morgan fingerprint density at radius 1 is 1.48 bits per heavy atom. The van der Waals surface area contributed by atoms with Gasteiger partial charge in [0.05, 0.1) is 11.3 Å². The minimum atomic E-state index is -0.353. The van der Waals surface area contributed by atoms with Crippen molar-refractivity contribution in [1.29, 1.82) is 5.26 Å². The average Bonchev–Trinajstić information content (AvgIpc) is 2.95. The first-order valence-electron chi connectivity index (χ1n) is 6.46. The van der Waals surface area contributed by atoms with E-state index in [-0.39, 0.29) is 12.6 Å². The fourth-order valence-corrected chi connectivity index (χ4v) is 1.67. The highest BCUT2D eigenvalue weighted by Gasteiger charge is 2.14. The topological polar surface area (TPSA) is 95.0 Å². The molecule has 21 heavy (non-hydrogen) atoms. The molecule has 0 unspecified atom stereocenters. The van der Waals surface area contributed by atoms with Gasteiger partial charge in [-0.2, -0.15) is 10.2 Å². The Morgan fingerprint density at radius 2 is 2.24 bits per heavy atom. The van der Waals surface area contributed by atoms with Gasteiger partial charge in [0.25, 0.3) is 0 Å². The molecule has 0 aliphatic heterocycles. The predicted octanol–water partition coefficient (Wildman–Crippen LogP) is 2.17. The van der Waals surface area contributed by atoms with Crippen molar-refractivity contribution in [2.45, 2.75) is 19.9 Å². The van der Waals surface area contributed by atoms with E-state index < -0.39 is 0 Å². The maximum absolute atomic E-state index is 12.1. The second kappa shape index (κ2) is 6.52. The van der Waals surface area contributed by atoms with Crippen molar-refractivity contribution >= 4 is 11.7 Å². The van der Waals surface area contributed by atoms with E-state index >= 15 is 0 Å². The third-order valence-electron chi connectivity index (χ3n) is 2.83. The van der Waals surface area contributed by atoms with Crippen molar-refractivity contribution in [1.82, 2.24) is 15.0 Å². The number of amides is 2. The van der Waals surface area contributed by atoms with Gasteiger partial charge in [-0.25, -0.2) is 4.79 Å². The summed E-state index contributed by atoms with van der Waals surface area (Å²) in [6.07, 6.45) is 0.676. The van der Waals surface area contributed by atoms with E-state index in [4.69, 9.17) is 9.78 Å². The van der Waals surface area contributed by atoms with Gasteiger partial charge in [-0.15, -0.1) is 0 Å². The van der Waals surface area contributed by atoms with Crippen LogP contribution in [0.15, 0.2) is 28.8 Å². The van der Waals surface area contributed by atoms with E-state index in [1.807, 2.05) is 13.0 Å². The lowest BCUT2D eigenvalue weighted by atomic mass is 10.2. The summed E-state index contributed by atoms with van der Waals surface area (Å²) in [6.45, 7) is 2.12. The van der Waals surface area contributed by atoms with Crippen molar-refractivity contribution in [3.05, 3.63) is 41.5 Å². The van der Waals surface area contributed by atoms with Crippen LogP contribution < -0.4 is 5.32 Å². The van der Waals surface area contributed by atoms with Gasteiger partial charge >= 0.3 is 6.03 Å². The Hall–Kier alpha value is -2.88. The average molecular weight is 285 g/mol. The van der Waals surface area contributed by atoms with Gasteiger partial charge in [0.15, 0.2) is 5.82 Å². The zero-order valence-electron chi connectivity index (χ0n) is 11.8. The lowest BCUT2D eigenvalue weighted by Gasteiger charge is -2.16. The third-order valence-corrected chi connectivity index (χ3v) is 2.83. The second-order valence-electron chi connectivity index (χ2n) is 4.40. The molecule has 0 atom stereocenters. The zero-order chi connectivity index (χ0) is 15.2. The number of nitriles is 1. The summed E-state index contributed by atoms with van der Waals surface area (Å²) in [4.78, 5) is 17.6. The lowest BCUT2D eigenvalue weighted by Crippen LogP contribution is -2.31. The predicted molar refractivity (Wildman–Crippen MR) is 75.3 cm³/mol. The number of urea groups is 1. The van der Waals surface area contributed by atoms with Gasteiger partial charge in [-0.1, -0.05) is 24.2 Å². The number of carbonyl (C=O) groups is 1. The van der Waals surface area contributed by atoms with Crippen molar-refractivity contribution in [2.24, 2.45) is 0 Å². The van der Waals surface area contributed by atoms with Gasteiger partial charge in [-0.3, -0.25) is 0 Å². The standard InChI is InChI=1S/C14H15N5O2/c1-3-12-17-13(21-18-12)9-19(2)14(20)16-11-7-5-4-6-10(11)8-15/h4-7H,3,9H2,1-2H3,(H,16,20). The Bertz CT molecular complexity index is 674. The largest absolute Gasteiger partial charge is 0.337 e. The molecule has 0 bridgehead atoms. The molecule has 1 N–H and O–H groups in total. The fraction of sp³-hybridized carbons (Fsp3) is 0.286. The monoisotopic (exact) mass is 285 g/mol. The van der Waals surface area contributed by atoms with Gasteiger partial charge < -0.3 is 14.7 Å². The maximum Gasteiger partial charge on any atom is 0.322 e. The van der Waals surface area contributed by atoms with Crippen LogP contribution in [-0.2, 0) is 13.0 Å². The van der Waals surface area contributed by atoms with Crippen LogP contribution in [0.4, 0.5) is 10.5 Å². The van der Waals surface area contributed by atoms with Crippen molar-refractivity contribution in [3.63, 3.8) is 0 Å². The highest BCUT2D eigenvalue weighted by molar-refractivity contribution is 5.90. The number of para-hydroxylation sites is 1. The molecular weight excluding hydrogens is 270 g/mol. The molecule has 0 radical (unpaired) electrons. The number of hydrogen-bond donors (Lipinski definition) is 1. The van der Waals surface area contributed by atoms with Crippen LogP contribution in [0.25, 0.3) is 0 Å². The van der Waals surface area contributed by atoms with Gasteiger partial charge in [-0.05, 0) is 12.1 Å². The number of anilines is 1. The smallest absolute Gasteiger partial charge is 0.322 e. The van der Waals surface area contributed by atoms with E-state index in [2.05, 4.69) is 15.5 Å². The van der Waals surface area contributed by atoms with Crippen LogP contribution in [0.3, 0.4) is 0 Å². The highest BCUT2D eigenvalue weighted by atomic mass is 16.5. The summed E-state index contributed by atoms with van der Waals surface area (Å²) < 4.78 is 5.04. The molecule has 0 fully saturated rings. The summed E-state index contributed by atoms with van der Waals surface area (Å²) >= 11 is 0. The molecule has 7 nitrogen and oxygen atoms in total. The molecule has 1 aromatic heterocycles. The number of nitrogens with zero attached hydrogens (tertiary/aromatic N) is 4. The number of benzene rings is 1. The lowest BCUT2D eigenvalue weighted by molar-refractivity contribution is 0.213. The molecule has 0 aliphatic carbocycles. The minimum absolute atomic E-state index is 0.202. The van der Waals surface area contributed by atoms with Crippen molar-refractivity contribution in [2.75, 3.05) is 12.4 Å². The summed E-state index contributed by atoms with van der Waals surface area (Å²) in [5, 5.41) is 15.4. The number of carbonyl (C=O) groups excluding carboxylic acids is 1. The van der Waals surface area contributed by atoms with Crippen LogP contribution in [-0.4, -0.2) is 28.1 Å². The highest BCUT2D eigenvalue weighted by Crippen LogP contribution is 2.14. The molecule has 1 aromatic carbocycles. The third kappa shape index (κ3) is 3.57. The molecule has 2 amide bonds. The van der Waals surface area contributed by atoms with Crippen molar-refractivity contribution in [3.8, 4) is 6.07 Å². The molecule has 1 heterocycles. The molecular formula is C14H15N5O2. The molecule has 7 heteroatoms. The molecule has 0 saturated carbocycles. The van der Waals surface area contributed by atoms with Crippen LogP contribution in [0, 0.1) is 11.3 Å². The van der Waals surface area contributed by atoms with Gasteiger partial charge in [0.2, 0.25) is 5.89 Å². The van der Waals surface area contributed by atoms with E-state index in [1.54, 1.807) is 31.3 Å². The van der Waals surface area contributed by atoms with Crippen LogP contribution >= 0.6 is 0 Å². The summed E-state index contributed by atoms with van der Waals surface area (Å²) in [6, 6.07) is 8.48. The molecule has 0 spiro atoms. The van der Waals surface area contributed by atoms with Crippen LogP contribution in [0.2, 0.25) is 0 Å². The van der Waals surface area contributed by atoms with Gasteiger partial charge in [0.1, 0.15) is 12.6 Å². The number of nitrogens with one attached hydrogen (secondary N) is 1. The Balaban J connectivity index is 2.01. The van der Waals surface area contributed by atoms with Gasteiger partial charge in [0, 0.05) is 13.5 Å². The summed E-state index contributed by atoms with van der Waals surface area (Å²) in [5.41, 5.74) is 0.877. The SMILES string of the molecule is CCc1noc(CN(C)C(=O)Nc2ccccc2C#N)n1. The first kappa shape index (κ1) is 14.5. The number of hydrogen-bond acceptors (Lipinski definition) is 5. The number of aromatic nitrogens is 2. The normalized spacial score (nSPS) is 9.95. The Morgan fingerprint density at radius 3 is 2.90 bits per heavy atom. The summed E-state index contributed by atoms with van der Waals surface area (Å²) in [5.74, 6) is 0.978. The van der Waals surface area contributed by atoms with Crippen molar-refractivity contribution < 1.29 is 9.32 Å². The minimum Gasteiger partial charge on any atom is -0.337 e. The van der Waals surface area contributed by atoms with E-state index in [9.17, 15) is 4.79 Å². The molecule has 0 saturated heterocycles. The van der Waals surface area contributed by atoms with Crippen LogP contribution in [0.1, 0.15) is 24.2 Å². The second-order valence-corrected chi connectivity index (χ2v) is 4.40. The molecule has 2 aromatic rings. The van der Waals surface area contributed by atoms with Crippen LogP contribution in [0.5, 0.6) is 0 Å².